The van der Waals surface area contributed by atoms with Crippen molar-refractivity contribution in [3.8, 4) is 0 Å². The zero-order valence-electron chi connectivity index (χ0n) is 18.8. The van der Waals surface area contributed by atoms with Crippen LogP contribution in [0.15, 0.2) is 12.1 Å². The van der Waals surface area contributed by atoms with E-state index in [1.54, 1.807) is 4.90 Å². The van der Waals surface area contributed by atoms with Crippen LogP contribution >= 0.6 is 11.3 Å². The van der Waals surface area contributed by atoms with E-state index in [1.165, 1.54) is 11.3 Å². The van der Waals surface area contributed by atoms with Crippen LogP contribution in [0, 0.1) is 17.2 Å². The molecule has 3 N–H and O–H groups in total. The van der Waals surface area contributed by atoms with Gasteiger partial charge >= 0.3 is 5.97 Å². The number of aliphatic hydroxyl groups is 1. The highest BCUT2D eigenvalue weighted by atomic mass is 32.1. The molecule has 0 atom stereocenters. The van der Waals surface area contributed by atoms with Crippen LogP contribution in [0.4, 0.5) is 5.69 Å². The average molecular weight is 459 g/mol. The summed E-state index contributed by atoms with van der Waals surface area (Å²) in [5, 5.41) is 27.9. The van der Waals surface area contributed by atoms with Gasteiger partial charge < -0.3 is 20.5 Å². The van der Waals surface area contributed by atoms with Gasteiger partial charge in [-0.25, -0.2) is 4.79 Å². The Morgan fingerprint density at radius 3 is 2.34 bits per heavy atom. The van der Waals surface area contributed by atoms with Crippen LogP contribution in [0.5, 0.6) is 0 Å². The van der Waals surface area contributed by atoms with Gasteiger partial charge in [0.25, 0.3) is 0 Å². The molecule has 2 saturated carbocycles. The lowest BCUT2D eigenvalue weighted by molar-refractivity contribution is -0.124. The fraction of sp³-hybridized carbons (Fsp3) is 0.640. The second kappa shape index (κ2) is 9.87. The maximum absolute atomic E-state index is 13.8. The summed E-state index contributed by atoms with van der Waals surface area (Å²) in [6.07, 6.45) is 10.2. The van der Waals surface area contributed by atoms with E-state index in [2.05, 4.69) is 6.92 Å². The number of rotatable bonds is 5. The standard InChI is InChI=1S/C25H34N2O4S/c1-15-2-4-17(5-3-15)24(29)27(19-10-12-20(28)13-11-19)21-14-22(32-23(21)25(30)31)16-6-8-18(26)9-7-16/h6,14-15,17,19-20,26,28H,2-5,7-13H2,1H3,(H,30,31). The number of thiophene rings is 1. The van der Waals surface area contributed by atoms with E-state index in [-0.39, 0.29) is 28.8 Å². The molecule has 174 valence electrons. The number of carboxylic acid groups (broad SMARTS) is 1. The molecule has 32 heavy (non-hydrogen) atoms. The molecular weight excluding hydrogens is 424 g/mol. The Kier molecular flexibility index (Phi) is 7.15. The predicted molar refractivity (Wildman–Crippen MR) is 128 cm³/mol. The van der Waals surface area contributed by atoms with Crippen LogP contribution in [0.2, 0.25) is 0 Å². The lowest BCUT2D eigenvalue weighted by Crippen LogP contribution is -2.47. The van der Waals surface area contributed by atoms with E-state index in [1.807, 2.05) is 12.1 Å². The Bertz CT molecular complexity index is 905. The lowest BCUT2D eigenvalue weighted by Gasteiger charge is -2.38. The Labute approximate surface area is 193 Å². The van der Waals surface area contributed by atoms with Crippen molar-refractivity contribution in [3.05, 3.63) is 21.9 Å². The van der Waals surface area contributed by atoms with Crippen LogP contribution in [0.1, 0.15) is 92.1 Å². The number of hydrogen-bond donors (Lipinski definition) is 3. The molecule has 1 amide bonds. The van der Waals surface area contributed by atoms with E-state index in [0.717, 1.165) is 42.6 Å². The van der Waals surface area contributed by atoms with Crippen LogP contribution in [-0.2, 0) is 4.79 Å². The molecule has 1 heterocycles. The SMILES string of the molecule is CC1CCC(C(=O)N(c2cc(C3=CCC(=N)CC3)sc2C(=O)O)C2CCC(O)CC2)CC1. The lowest BCUT2D eigenvalue weighted by atomic mass is 9.81. The van der Waals surface area contributed by atoms with Gasteiger partial charge in [0.05, 0.1) is 11.8 Å². The number of aromatic carboxylic acids is 1. The molecule has 6 nitrogen and oxygen atoms in total. The van der Waals surface area contributed by atoms with Gasteiger partial charge in [-0.2, -0.15) is 0 Å². The normalized spacial score (nSPS) is 28.8. The van der Waals surface area contributed by atoms with Gasteiger partial charge in [-0.05, 0) is 81.8 Å². The molecule has 2 fully saturated rings. The fourth-order valence-corrected chi connectivity index (χ4v) is 6.40. The number of hydrogen-bond acceptors (Lipinski definition) is 5. The number of anilines is 1. The molecule has 0 aliphatic heterocycles. The predicted octanol–water partition coefficient (Wildman–Crippen LogP) is 5.50. The van der Waals surface area contributed by atoms with Gasteiger partial charge in [0, 0.05) is 29.0 Å². The molecule has 1 aromatic heterocycles. The summed E-state index contributed by atoms with van der Waals surface area (Å²) in [7, 11) is 0. The van der Waals surface area contributed by atoms with Crippen molar-refractivity contribution >= 4 is 40.2 Å². The monoisotopic (exact) mass is 458 g/mol. The number of nitrogens with zero attached hydrogens (tertiary/aromatic N) is 1. The van der Waals surface area contributed by atoms with Crippen molar-refractivity contribution in [2.45, 2.75) is 89.7 Å². The van der Waals surface area contributed by atoms with Crippen LogP contribution in [0.25, 0.3) is 5.57 Å². The highest BCUT2D eigenvalue weighted by molar-refractivity contribution is 7.15. The van der Waals surface area contributed by atoms with Gasteiger partial charge in [0.15, 0.2) is 0 Å². The maximum Gasteiger partial charge on any atom is 0.348 e. The molecular formula is C25H34N2O4S. The van der Waals surface area contributed by atoms with Gasteiger partial charge in [0.1, 0.15) is 4.88 Å². The first-order valence-corrected chi connectivity index (χ1v) is 12.8. The minimum atomic E-state index is -0.994. The van der Waals surface area contributed by atoms with Gasteiger partial charge in [-0.15, -0.1) is 11.3 Å². The van der Waals surface area contributed by atoms with Crippen molar-refractivity contribution in [1.29, 1.82) is 5.41 Å². The Hall–Kier alpha value is -1.99. The smallest absolute Gasteiger partial charge is 0.348 e. The fourth-order valence-electron chi connectivity index (χ4n) is 5.35. The van der Waals surface area contributed by atoms with Crippen LogP contribution in [-0.4, -0.2) is 39.9 Å². The summed E-state index contributed by atoms with van der Waals surface area (Å²) in [5.74, 6) is -0.357. The van der Waals surface area contributed by atoms with E-state index < -0.39 is 5.97 Å². The maximum atomic E-state index is 13.8. The van der Waals surface area contributed by atoms with Crippen molar-refractivity contribution in [2.75, 3.05) is 4.90 Å². The van der Waals surface area contributed by atoms with E-state index in [4.69, 9.17) is 5.41 Å². The molecule has 3 aliphatic carbocycles. The Morgan fingerprint density at radius 2 is 1.75 bits per heavy atom. The quantitative estimate of drug-likeness (QED) is 0.542. The number of carboxylic acids is 1. The molecule has 0 aromatic carbocycles. The second-order valence-electron chi connectivity index (χ2n) is 9.79. The third-order valence-corrected chi connectivity index (χ3v) is 8.60. The third kappa shape index (κ3) is 4.99. The minimum absolute atomic E-state index is 0.0580. The number of carbonyl (C=O) groups is 2. The number of aliphatic hydroxyl groups excluding tert-OH is 1. The molecule has 7 heteroatoms. The highest BCUT2D eigenvalue weighted by Crippen LogP contribution is 2.41. The third-order valence-electron chi connectivity index (χ3n) is 7.41. The molecule has 0 saturated heterocycles. The van der Waals surface area contributed by atoms with Gasteiger partial charge in [-0.3, -0.25) is 4.79 Å². The first-order chi connectivity index (χ1) is 15.3. The number of allylic oxidation sites excluding steroid dienone is 2. The van der Waals surface area contributed by atoms with Crippen molar-refractivity contribution in [3.63, 3.8) is 0 Å². The van der Waals surface area contributed by atoms with Crippen LogP contribution < -0.4 is 4.90 Å². The van der Waals surface area contributed by atoms with Crippen molar-refractivity contribution < 1.29 is 19.8 Å². The Balaban J connectivity index is 1.70. The largest absolute Gasteiger partial charge is 0.477 e. The first kappa shape index (κ1) is 23.2. The summed E-state index contributed by atoms with van der Waals surface area (Å²) in [5.41, 5.74) is 2.31. The van der Waals surface area contributed by atoms with E-state index in [0.29, 0.717) is 55.8 Å². The number of carbonyl (C=O) groups excluding carboxylic acids is 1. The topological polar surface area (TPSA) is 102 Å². The van der Waals surface area contributed by atoms with Gasteiger partial charge in [-0.1, -0.05) is 13.0 Å². The van der Waals surface area contributed by atoms with Gasteiger partial charge in [0.2, 0.25) is 5.91 Å². The summed E-state index contributed by atoms with van der Waals surface area (Å²) < 4.78 is 0. The summed E-state index contributed by atoms with van der Waals surface area (Å²) in [6.45, 7) is 2.23. The number of nitrogens with one attached hydrogen (secondary N) is 1. The zero-order valence-corrected chi connectivity index (χ0v) is 19.6. The van der Waals surface area contributed by atoms with E-state index in [9.17, 15) is 19.8 Å². The molecule has 0 bridgehead atoms. The molecule has 3 aliphatic rings. The Morgan fingerprint density at radius 1 is 1.06 bits per heavy atom. The first-order valence-electron chi connectivity index (χ1n) is 12.0. The second-order valence-corrected chi connectivity index (χ2v) is 10.8. The van der Waals surface area contributed by atoms with Crippen molar-refractivity contribution in [1.82, 2.24) is 0 Å². The highest BCUT2D eigenvalue weighted by Gasteiger charge is 2.37. The molecule has 0 unspecified atom stereocenters. The molecule has 1 aromatic rings. The summed E-state index contributed by atoms with van der Waals surface area (Å²) in [4.78, 5) is 29.0. The minimum Gasteiger partial charge on any atom is -0.477 e. The number of amides is 1. The van der Waals surface area contributed by atoms with E-state index >= 15 is 0 Å². The molecule has 0 radical (unpaired) electrons. The summed E-state index contributed by atoms with van der Waals surface area (Å²) in [6, 6.07) is 1.84. The molecule has 4 rings (SSSR count). The zero-order chi connectivity index (χ0) is 22.8. The van der Waals surface area contributed by atoms with Crippen LogP contribution in [0.3, 0.4) is 0 Å². The summed E-state index contributed by atoms with van der Waals surface area (Å²) >= 11 is 1.25. The molecule has 0 spiro atoms. The average Bonchev–Trinajstić information content (AvgIpc) is 3.21. The van der Waals surface area contributed by atoms with Crippen molar-refractivity contribution in [2.24, 2.45) is 11.8 Å².